The van der Waals surface area contributed by atoms with Crippen LogP contribution in [0.1, 0.15) is 31.2 Å². The second-order valence-corrected chi connectivity index (χ2v) is 5.22. The minimum absolute atomic E-state index is 0.266. The normalized spacial score (nSPS) is 11.4. The second-order valence-electron chi connectivity index (χ2n) is 5.22. The number of benzene rings is 1. The zero-order valence-electron chi connectivity index (χ0n) is 11.9. The van der Waals surface area contributed by atoms with Crippen molar-refractivity contribution in [1.82, 2.24) is 14.9 Å². The van der Waals surface area contributed by atoms with E-state index in [9.17, 15) is 4.79 Å². The van der Waals surface area contributed by atoms with Crippen LogP contribution in [-0.2, 0) is 11.3 Å². The Morgan fingerprint density at radius 2 is 2.21 bits per heavy atom. The first-order chi connectivity index (χ1) is 9.04. The molecule has 0 bridgehead atoms. The number of rotatable bonds is 6. The van der Waals surface area contributed by atoms with Gasteiger partial charge in [0.1, 0.15) is 11.6 Å². The predicted octanol–water partition coefficient (Wildman–Crippen LogP) is 2.67. The first kappa shape index (κ1) is 13.7. The predicted molar refractivity (Wildman–Crippen MR) is 77.1 cm³/mol. The van der Waals surface area contributed by atoms with Crippen LogP contribution in [0.15, 0.2) is 18.2 Å². The van der Waals surface area contributed by atoms with E-state index in [1.54, 1.807) is 6.92 Å². The third-order valence-corrected chi connectivity index (χ3v) is 3.19. The molecule has 0 atom stereocenters. The maximum atomic E-state index is 10.9. The Balaban J connectivity index is 1.94. The summed E-state index contributed by atoms with van der Waals surface area (Å²) in [6.07, 6.45) is 1.60. The molecule has 0 saturated carbocycles. The van der Waals surface area contributed by atoms with Crippen molar-refractivity contribution in [2.24, 2.45) is 0 Å². The van der Waals surface area contributed by atoms with Gasteiger partial charge in [0, 0.05) is 13.0 Å². The van der Waals surface area contributed by atoms with E-state index in [0.29, 0.717) is 6.42 Å². The van der Waals surface area contributed by atoms with Crippen LogP contribution in [0.2, 0.25) is 0 Å². The molecule has 1 aromatic heterocycles. The van der Waals surface area contributed by atoms with Gasteiger partial charge in [-0.25, -0.2) is 4.98 Å². The zero-order chi connectivity index (χ0) is 13.8. The molecule has 0 spiro atoms. The molecule has 2 rings (SSSR count). The quantitative estimate of drug-likeness (QED) is 0.867. The Morgan fingerprint density at radius 1 is 1.42 bits per heavy atom. The summed E-state index contributed by atoms with van der Waals surface area (Å²) in [7, 11) is 2.09. The summed E-state index contributed by atoms with van der Waals surface area (Å²) >= 11 is 0. The van der Waals surface area contributed by atoms with E-state index in [-0.39, 0.29) is 5.78 Å². The largest absolute Gasteiger partial charge is 0.342 e. The number of Topliss-reactive ketones (excluding diaryl/α,β-unsaturated/α-hetero) is 1. The number of ketones is 1. The van der Waals surface area contributed by atoms with Crippen molar-refractivity contribution in [1.29, 1.82) is 0 Å². The number of H-pyrrole nitrogens is 1. The van der Waals surface area contributed by atoms with Crippen LogP contribution in [0, 0.1) is 6.92 Å². The van der Waals surface area contributed by atoms with Gasteiger partial charge in [-0.05, 0) is 51.6 Å². The number of aromatic amines is 1. The molecule has 0 radical (unpaired) electrons. The number of carbonyl (C=O) groups excluding carboxylic acids is 1. The Kier molecular flexibility index (Phi) is 4.32. The fraction of sp³-hybridized carbons (Fsp3) is 0.467. The average Bonchev–Trinajstić information content (AvgIpc) is 2.67. The van der Waals surface area contributed by atoms with E-state index < -0.39 is 0 Å². The monoisotopic (exact) mass is 259 g/mol. The molecule has 0 amide bonds. The molecular weight excluding hydrogens is 238 g/mol. The lowest BCUT2D eigenvalue weighted by Gasteiger charge is -2.16. The summed E-state index contributed by atoms with van der Waals surface area (Å²) < 4.78 is 0. The van der Waals surface area contributed by atoms with Gasteiger partial charge in [-0.2, -0.15) is 0 Å². The number of carbonyl (C=O) groups is 1. The van der Waals surface area contributed by atoms with Gasteiger partial charge in [0.25, 0.3) is 0 Å². The molecule has 1 heterocycles. The second kappa shape index (κ2) is 5.97. The fourth-order valence-electron chi connectivity index (χ4n) is 2.27. The third-order valence-electron chi connectivity index (χ3n) is 3.19. The Morgan fingerprint density at radius 3 is 2.95 bits per heavy atom. The van der Waals surface area contributed by atoms with Crippen molar-refractivity contribution >= 4 is 16.8 Å². The van der Waals surface area contributed by atoms with Crippen LogP contribution >= 0.6 is 0 Å². The Bertz CT molecular complexity index is 574. The van der Waals surface area contributed by atoms with Crippen molar-refractivity contribution in [3.63, 3.8) is 0 Å². The molecule has 0 saturated heterocycles. The Labute approximate surface area is 113 Å². The number of nitrogens with zero attached hydrogens (tertiary/aromatic N) is 2. The molecule has 0 unspecified atom stereocenters. The summed E-state index contributed by atoms with van der Waals surface area (Å²) in [6.45, 7) is 5.45. The van der Waals surface area contributed by atoms with E-state index in [4.69, 9.17) is 0 Å². The van der Waals surface area contributed by atoms with Crippen molar-refractivity contribution in [2.75, 3.05) is 13.6 Å². The SMILES string of the molecule is CC(=O)CCCN(C)Cc1ccc2nc(C)[nH]c2c1. The fourth-order valence-corrected chi connectivity index (χ4v) is 2.27. The van der Waals surface area contributed by atoms with Gasteiger partial charge in [0.15, 0.2) is 0 Å². The van der Waals surface area contributed by atoms with Crippen LogP contribution in [0.3, 0.4) is 0 Å². The summed E-state index contributed by atoms with van der Waals surface area (Å²) in [5, 5.41) is 0. The van der Waals surface area contributed by atoms with Crippen LogP contribution in [0.4, 0.5) is 0 Å². The summed E-state index contributed by atoms with van der Waals surface area (Å²) in [6, 6.07) is 6.32. The number of imidazole rings is 1. The number of hydrogen-bond donors (Lipinski definition) is 1. The van der Waals surface area contributed by atoms with Crippen molar-refractivity contribution < 1.29 is 4.79 Å². The van der Waals surface area contributed by atoms with Crippen molar-refractivity contribution in [3.8, 4) is 0 Å². The molecule has 19 heavy (non-hydrogen) atoms. The Hall–Kier alpha value is -1.68. The molecule has 4 heteroatoms. The van der Waals surface area contributed by atoms with E-state index in [1.165, 1.54) is 5.56 Å². The summed E-state index contributed by atoms with van der Waals surface area (Å²) in [5.41, 5.74) is 3.37. The van der Waals surface area contributed by atoms with Crippen LogP contribution < -0.4 is 0 Å². The van der Waals surface area contributed by atoms with Gasteiger partial charge < -0.3 is 14.7 Å². The summed E-state index contributed by atoms with van der Waals surface area (Å²) in [5.74, 6) is 1.21. The topological polar surface area (TPSA) is 49.0 Å². The number of aromatic nitrogens is 2. The number of aryl methyl sites for hydroxylation is 1. The molecule has 4 nitrogen and oxygen atoms in total. The molecular formula is C15H21N3O. The van der Waals surface area contributed by atoms with Gasteiger partial charge in [0.05, 0.1) is 11.0 Å². The third kappa shape index (κ3) is 3.89. The minimum atomic E-state index is 0.266. The smallest absolute Gasteiger partial charge is 0.129 e. The van der Waals surface area contributed by atoms with Gasteiger partial charge in [0.2, 0.25) is 0 Å². The molecule has 2 aromatic rings. The number of hydrogen-bond acceptors (Lipinski definition) is 3. The van der Waals surface area contributed by atoms with Crippen LogP contribution in [-0.4, -0.2) is 34.2 Å². The van der Waals surface area contributed by atoms with Gasteiger partial charge >= 0.3 is 0 Å². The van der Waals surface area contributed by atoms with Gasteiger partial charge in [-0.3, -0.25) is 0 Å². The lowest BCUT2D eigenvalue weighted by Crippen LogP contribution is -2.19. The average molecular weight is 259 g/mol. The first-order valence-corrected chi connectivity index (χ1v) is 6.68. The number of fused-ring (bicyclic) bond motifs is 1. The van der Waals surface area contributed by atoms with Gasteiger partial charge in [-0.15, -0.1) is 0 Å². The standard InChI is InChI=1S/C15H21N3O/c1-11(19)5-4-8-18(3)10-13-6-7-14-15(9-13)17-12(2)16-14/h6-7,9H,4-5,8,10H2,1-3H3,(H,16,17). The zero-order valence-corrected chi connectivity index (χ0v) is 11.9. The van der Waals surface area contributed by atoms with Crippen molar-refractivity contribution in [3.05, 3.63) is 29.6 Å². The summed E-state index contributed by atoms with van der Waals surface area (Å²) in [4.78, 5) is 20.8. The molecule has 0 fully saturated rings. The van der Waals surface area contributed by atoms with Crippen molar-refractivity contribution in [2.45, 2.75) is 33.2 Å². The lowest BCUT2D eigenvalue weighted by molar-refractivity contribution is -0.117. The van der Waals surface area contributed by atoms with E-state index in [1.807, 2.05) is 6.92 Å². The lowest BCUT2D eigenvalue weighted by atomic mass is 10.2. The molecule has 0 aliphatic carbocycles. The highest BCUT2D eigenvalue weighted by Gasteiger charge is 2.04. The molecule has 102 valence electrons. The van der Waals surface area contributed by atoms with Crippen LogP contribution in [0.5, 0.6) is 0 Å². The van der Waals surface area contributed by atoms with Crippen LogP contribution in [0.25, 0.3) is 11.0 Å². The molecule has 0 aliphatic rings. The minimum Gasteiger partial charge on any atom is -0.342 e. The maximum absolute atomic E-state index is 10.9. The maximum Gasteiger partial charge on any atom is 0.129 e. The highest BCUT2D eigenvalue weighted by molar-refractivity contribution is 5.76. The van der Waals surface area contributed by atoms with E-state index >= 15 is 0 Å². The molecule has 1 aromatic carbocycles. The number of nitrogens with one attached hydrogen (secondary N) is 1. The molecule has 0 aliphatic heterocycles. The van der Waals surface area contributed by atoms with Gasteiger partial charge in [-0.1, -0.05) is 6.07 Å². The van der Waals surface area contributed by atoms with E-state index in [0.717, 1.165) is 36.4 Å². The first-order valence-electron chi connectivity index (χ1n) is 6.68. The molecule has 1 N–H and O–H groups in total. The highest BCUT2D eigenvalue weighted by atomic mass is 16.1. The highest BCUT2D eigenvalue weighted by Crippen LogP contribution is 2.14. The van der Waals surface area contributed by atoms with E-state index in [2.05, 4.69) is 40.1 Å².